The van der Waals surface area contributed by atoms with Gasteiger partial charge >= 0.3 is 0 Å². The molecule has 0 spiro atoms. The number of anilines is 2. The van der Waals surface area contributed by atoms with Crippen LogP contribution in [-0.4, -0.2) is 60.5 Å². The standard InChI is InChI=1S/C25H26F2N6O/c1-32(2)16-8-10-33(13-16)20-6-5-18(21(26)22(20)27)19-12-30-24(28)23(31-19)15-3-4-17-14(11-15)7-9-29-25(17)34/h3-6,11-12,16H,7-10,13H2,1-2H3,(H2,28,30)(H,29,34). The average molecular weight is 465 g/mol. The van der Waals surface area contributed by atoms with Crippen molar-refractivity contribution in [1.29, 1.82) is 0 Å². The van der Waals surface area contributed by atoms with Gasteiger partial charge in [-0.05, 0) is 56.8 Å². The normalized spacial score (nSPS) is 17.7. The second-order valence-electron chi connectivity index (χ2n) is 8.98. The average Bonchev–Trinajstić information content (AvgIpc) is 3.32. The smallest absolute Gasteiger partial charge is 0.251 e. The van der Waals surface area contributed by atoms with E-state index in [0.29, 0.717) is 48.9 Å². The number of nitrogens with zero attached hydrogens (tertiary/aromatic N) is 4. The van der Waals surface area contributed by atoms with Crippen LogP contribution in [0.3, 0.4) is 0 Å². The predicted octanol–water partition coefficient (Wildman–Crippen LogP) is 3.10. The number of halogens is 2. The van der Waals surface area contributed by atoms with E-state index >= 15 is 8.78 Å². The Bertz CT molecular complexity index is 1280. The van der Waals surface area contributed by atoms with Gasteiger partial charge in [0.05, 0.1) is 17.6 Å². The van der Waals surface area contributed by atoms with E-state index in [2.05, 4.69) is 20.2 Å². The Morgan fingerprint density at radius 3 is 2.71 bits per heavy atom. The Labute approximate surface area is 196 Å². The summed E-state index contributed by atoms with van der Waals surface area (Å²) >= 11 is 0. The maximum absolute atomic E-state index is 15.2. The third-order valence-electron chi connectivity index (χ3n) is 6.68. The first-order valence-electron chi connectivity index (χ1n) is 11.3. The zero-order chi connectivity index (χ0) is 24.0. The van der Waals surface area contributed by atoms with Gasteiger partial charge in [-0.25, -0.2) is 18.7 Å². The molecule has 34 heavy (non-hydrogen) atoms. The monoisotopic (exact) mass is 464 g/mol. The van der Waals surface area contributed by atoms with Crippen molar-refractivity contribution in [1.82, 2.24) is 20.2 Å². The van der Waals surface area contributed by atoms with Crippen molar-refractivity contribution < 1.29 is 13.6 Å². The number of nitrogens with two attached hydrogens (primary N) is 1. The van der Waals surface area contributed by atoms with Crippen LogP contribution in [0.4, 0.5) is 20.3 Å². The number of nitrogen functional groups attached to an aromatic ring is 1. The van der Waals surface area contributed by atoms with E-state index < -0.39 is 11.6 Å². The molecule has 3 aromatic rings. The molecule has 7 nitrogen and oxygen atoms in total. The highest BCUT2D eigenvalue weighted by molar-refractivity contribution is 5.97. The number of hydrogen-bond donors (Lipinski definition) is 2. The summed E-state index contributed by atoms with van der Waals surface area (Å²) in [5.41, 5.74) is 9.08. The Balaban J connectivity index is 1.49. The van der Waals surface area contributed by atoms with Crippen LogP contribution in [-0.2, 0) is 6.42 Å². The molecule has 1 saturated heterocycles. The molecule has 3 heterocycles. The Morgan fingerprint density at radius 1 is 1.15 bits per heavy atom. The van der Waals surface area contributed by atoms with Gasteiger partial charge in [-0.15, -0.1) is 0 Å². The largest absolute Gasteiger partial charge is 0.382 e. The molecule has 5 rings (SSSR count). The van der Waals surface area contributed by atoms with Gasteiger partial charge in [-0.3, -0.25) is 4.79 Å². The molecule has 9 heteroatoms. The van der Waals surface area contributed by atoms with Crippen LogP contribution in [0.5, 0.6) is 0 Å². The number of benzene rings is 2. The summed E-state index contributed by atoms with van der Waals surface area (Å²) in [5, 5.41) is 2.81. The molecule has 1 amide bonds. The lowest BCUT2D eigenvalue weighted by atomic mass is 9.96. The van der Waals surface area contributed by atoms with E-state index in [4.69, 9.17) is 5.73 Å². The van der Waals surface area contributed by atoms with Gasteiger partial charge in [-0.1, -0.05) is 6.07 Å². The Hall–Kier alpha value is -3.59. The molecule has 0 radical (unpaired) electrons. The zero-order valence-electron chi connectivity index (χ0n) is 19.1. The summed E-state index contributed by atoms with van der Waals surface area (Å²) < 4.78 is 30.3. The first kappa shape index (κ1) is 22.2. The molecular formula is C25H26F2N6O. The third kappa shape index (κ3) is 3.86. The summed E-state index contributed by atoms with van der Waals surface area (Å²) in [6, 6.07) is 8.75. The Kier molecular flexibility index (Phi) is 5.65. The topological polar surface area (TPSA) is 87.4 Å². The highest BCUT2D eigenvalue weighted by atomic mass is 19.2. The lowest BCUT2D eigenvalue weighted by molar-refractivity contribution is 0.0946. The molecule has 0 bridgehead atoms. The van der Waals surface area contributed by atoms with E-state index in [1.165, 1.54) is 12.3 Å². The van der Waals surface area contributed by atoms with Crippen LogP contribution in [0.1, 0.15) is 22.3 Å². The van der Waals surface area contributed by atoms with Gasteiger partial charge in [0, 0.05) is 42.4 Å². The van der Waals surface area contributed by atoms with Gasteiger partial charge in [-0.2, -0.15) is 0 Å². The van der Waals surface area contributed by atoms with Crippen molar-refractivity contribution in [2.24, 2.45) is 0 Å². The number of rotatable bonds is 4. The van der Waals surface area contributed by atoms with Gasteiger partial charge < -0.3 is 20.9 Å². The second-order valence-corrected chi connectivity index (χ2v) is 8.98. The molecule has 0 saturated carbocycles. The van der Waals surface area contributed by atoms with Crippen LogP contribution in [0.25, 0.3) is 22.5 Å². The van der Waals surface area contributed by atoms with Crippen LogP contribution in [0.2, 0.25) is 0 Å². The highest BCUT2D eigenvalue weighted by Crippen LogP contribution is 2.34. The minimum absolute atomic E-state index is 0.0238. The van der Waals surface area contributed by atoms with E-state index in [-0.39, 0.29) is 28.7 Å². The SMILES string of the molecule is CN(C)C1CCN(c2ccc(-c3cnc(N)c(-c4ccc5c(c4)CCNC5=O)n3)c(F)c2F)C1. The van der Waals surface area contributed by atoms with Crippen LogP contribution in [0, 0.1) is 11.6 Å². The van der Waals surface area contributed by atoms with Crippen LogP contribution in [0.15, 0.2) is 36.5 Å². The van der Waals surface area contributed by atoms with Crippen molar-refractivity contribution in [3.05, 3.63) is 59.3 Å². The fourth-order valence-electron chi connectivity index (χ4n) is 4.68. The number of fused-ring (bicyclic) bond motifs is 1. The lowest BCUT2D eigenvalue weighted by Crippen LogP contribution is -2.31. The lowest BCUT2D eigenvalue weighted by Gasteiger charge is -2.22. The van der Waals surface area contributed by atoms with Gasteiger partial charge in [0.2, 0.25) is 0 Å². The minimum atomic E-state index is -0.960. The number of carbonyl (C=O) groups excluding carboxylic acids is 1. The summed E-state index contributed by atoms with van der Waals surface area (Å²) in [6.07, 6.45) is 2.93. The van der Waals surface area contributed by atoms with Gasteiger partial charge in [0.15, 0.2) is 11.6 Å². The van der Waals surface area contributed by atoms with Crippen molar-refractivity contribution in [2.45, 2.75) is 18.9 Å². The molecule has 176 valence electrons. The van der Waals surface area contributed by atoms with E-state index in [0.717, 1.165) is 12.0 Å². The number of aromatic nitrogens is 2. The third-order valence-corrected chi connectivity index (χ3v) is 6.68. The zero-order valence-corrected chi connectivity index (χ0v) is 19.1. The summed E-state index contributed by atoms with van der Waals surface area (Å²) in [6.45, 7) is 1.87. The fraction of sp³-hybridized carbons (Fsp3) is 0.320. The Morgan fingerprint density at radius 2 is 1.94 bits per heavy atom. The minimum Gasteiger partial charge on any atom is -0.382 e. The van der Waals surface area contributed by atoms with Crippen LogP contribution < -0.4 is 16.0 Å². The predicted molar refractivity (Wildman–Crippen MR) is 128 cm³/mol. The van der Waals surface area contributed by atoms with Crippen LogP contribution >= 0.6 is 0 Å². The molecular weight excluding hydrogens is 438 g/mol. The molecule has 1 atom stereocenters. The molecule has 0 aliphatic carbocycles. The fourth-order valence-corrected chi connectivity index (χ4v) is 4.68. The maximum Gasteiger partial charge on any atom is 0.251 e. The summed E-state index contributed by atoms with van der Waals surface area (Å²) in [5.74, 6) is -1.80. The number of hydrogen-bond acceptors (Lipinski definition) is 6. The molecule has 1 unspecified atom stereocenters. The summed E-state index contributed by atoms with van der Waals surface area (Å²) in [7, 11) is 3.98. The van der Waals surface area contributed by atoms with E-state index in [9.17, 15) is 4.79 Å². The van der Waals surface area contributed by atoms with Crippen molar-refractivity contribution in [3.63, 3.8) is 0 Å². The second kappa shape index (κ2) is 8.64. The molecule has 1 fully saturated rings. The summed E-state index contributed by atoms with van der Waals surface area (Å²) in [4.78, 5) is 24.7. The molecule has 2 aliphatic rings. The number of likely N-dealkylation sites (N-methyl/N-ethyl adjacent to an activating group) is 1. The van der Waals surface area contributed by atoms with Gasteiger partial charge in [0.25, 0.3) is 5.91 Å². The van der Waals surface area contributed by atoms with Gasteiger partial charge in [0.1, 0.15) is 11.5 Å². The highest BCUT2D eigenvalue weighted by Gasteiger charge is 2.28. The number of carbonyl (C=O) groups is 1. The molecule has 2 aliphatic heterocycles. The first-order chi connectivity index (χ1) is 16.3. The van der Waals surface area contributed by atoms with Crippen molar-refractivity contribution in [2.75, 3.05) is 44.4 Å². The van der Waals surface area contributed by atoms with Crippen molar-refractivity contribution >= 4 is 17.4 Å². The number of amides is 1. The van der Waals surface area contributed by atoms with E-state index in [1.54, 1.807) is 18.2 Å². The van der Waals surface area contributed by atoms with E-state index in [1.807, 2.05) is 25.1 Å². The molecule has 2 aromatic carbocycles. The quantitative estimate of drug-likeness (QED) is 0.617. The maximum atomic E-state index is 15.2. The van der Waals surface area contributed by atoms with Crippen molar-refractivity contribution in [3.8, 4) is 22.5 Å². The first-order valence-corrected chi connectivity index (χ1v) is 11.3. The number of nitrogens with one attached hydrogen (secondary N) is 1. The molecule has 1 aromatic heterocycles. The molecule has 3 N–H and O–H groups in total.